The van der Waals surface area contributed by atoms with Crippen LogP contribution in [0.25, 0.3) is 10.9 Å². The van der Waals surface area contributed by atoms with Crippen LogP contribution in [0.5, 0.6) is 5.75 Å². The van der Waals surface area contributed by atoms with Crippen LogP contribution in [-0.2, 0) is 0 Å². The van der Waals surface area contributed by atoms with Crippen molar-refractivity contribution in [2.45, 2.75) is 25.8 Å². The number of fused-ring (bicyclic) bond motifs is 1. The van der Waals surface area contributed by atoms with Gasteiger partial charge in [-0.05, 0) is 68.3 Å². The number of benzene rings is 2. The largest absolute Gasteiger partial charge is 0.497 e. The zero-order valence-corrected chi connectivity index (χ0v) is 15.7. The van der Waals surface area contributed by atoms with E-state index in [9.17, 15) is 4.79 Å². The molecule has 0 saturated carbocycles. The van der Waals surface area contributed by atoms with Gasteiger partial charge in [0.15, 0.2) is 5.78 Å². The lowest BCUT2D eigenvalue weighted by molar-refractivity contribution is 0.102. The minimum absolute atomic E-state index is 0.0922. The topological polar surface area (TPSA) is 39.2 Å². The van der Waals surface area contributed by atoms with Gasteiger partial charge in [-0.25, -0.2) is 4.98 Å². The summed E-state index contributed by atoms with van der Waals surface area (Å²) in [7, 11) is 1.62. The Morgan fingerprint density at radius 2 is 1.76 bits per heavy atom. The first-order valence-electron chi connectivity index (χ1n) is 8.16. The molecule has 0 aliphatic heterocycles. The van der Waals surface area contributed by atoms with Crippen molar-refractivity contribution in [2.24, 2.45) is 0 Å². The number of nitrogens with zero attached hydrogens (tertiary/aromatic N) is 1. The quantitative estimate of drug-likeness (QED) is 0.471. The highest BCUT2D eigenvalue weighted by Gasteiger charge is 2.11. The van der Waals surface area contributed by atoms with Crippen molar-refractivity contribution in [1.29, 1.82) is 0 Å². The maximum atomic E-state index is 12.4. The lowest BCUT2D eigenvalue weighted by Gasteiger charge is -2.10. The van der Waals surface area contributed by atoms with Crippen LogP contribution in [0.1, 0.15) is 27.0 Å². The summed E-state index contributed by atoms with van der Waals surface area (Å²) in [5, 5.41) is 2.07. The number of ether oxygens (including phenoxy) is 1. The fraction of sp³-hybridized carbons (Fsp3) is 0.238. The molecule has 0 atom stereocenters. The van der Waals surface area contributed by atoms with Crippen LogP contribution in [0.15, 0.2) is 47.5 Å². The first kappa shape index (κ1) is 17.5. The smallest absolute Gasteiger partial charge is 0.173 e. The Balaban J connectivity index is 1.80. The van der Waals surface area contributed by atoms with Crippen LogP contribution in [0.4, 0.5) is 0 Å². The number of ketones is 1. The number of thioether (sulfide) groups is 1. The molecule has 0 bridgehead atoms. The highest BCUT2D eigenvalue weighted by Crippen LogP contribution is 2.27. The van der Waals surface area contributed by atoms with E-state index in [1.54, 1.807) is 19.2 Å². The third-order valence-corrected chi connectivity index (χ3v) is 5.24. The lowest BCUT2D eigenvalue weighted by Crippen LogP contribution is -2.03. The van der Waals surface area contributed by atoms with Gasteiger partial charge in [0.25, 0.3) is 0 Å². The summed E-state index contributed by atoms with van der Waals surface area (Å²) in [5.41, 5.74) is 5.21. The van der Waals surface area contributed by atoms with Gasteiger partial charge in [-0.1, -0.05) is 23.4 Å². The van der Waals surface area contributed by atoms with Crippen molar-refractivity contribution >= 4 is 28.4 Å². The van der Waals surface area contributed by atoms with Gasteiger partial charge in [-0.3, -0.25) is 4.79 Å². The van der Waals surface area contributed by atoms with E-state index in [2.05, 4.69) is 32.0 Å². The maximum absolute atomic E-state index is 12.4. The molecule has 3 rings (SSSR count). The Kier molecular flexibility index (Phi) is 5.09. The molecule has 3 nitrogen and oxygen atoms in total. The molecule has 0 amide bonds. The molecule has 3 aromatic rings. The molecule has 0 aliphatic rings. The number of carbonyl (C=O) groups excluding carboxylic acids is 1. The Bertz CT molecular complexity index is 933. The average Bonchev–Trinajstić information content (AvgIpc) is 2.60. The molecule has 0 spiro atoms. The van der Waals surface area contributed by atoms with Crippen molar-refractivity contribution in [2.75, 3.05) is 12.9 Å². The van der Waals surface area contributed by atoms with Crippen LogP contribution >= 0.6 is 11.8 Å². The summed E-state index contributed by atoms with van der Waals surface area (Å²) in [5.74, 6) is 1.22. The first-order valence-corrected chi connectivity index (χ1v) is 9.15. The van der Waals surface area contributed by atoms with Crippen molar-refractivity contribution < 1.29 is 9.53 Å². The normalized spacial score (nSPS) is 10.9. The second-order valence-corrected chi connectivity index (χ2v) is 7.17. The summed E-state index contributed by atoms with van der Waals surface area (Å²) >= 11 is 1.50. The molecular formula is C21H21NO2S. The van der Waals surface area contributed by atoms with Crippen molar-refractivity contribution in [3.05, 3.63) is 64.7 Å². The molecule has 0 fully saturated rings. The van der Waals surface area contributed by atoms with Gasteiger partial charge in [0.2, 0.25) is 0 Å². The van der Waals surface area contributed by atoms with Gasteiger partial charge in [0.05, 0.1) is 18.4 Å². The third-order valence-electron chi connectivity index (χ3n) is 4.15. The molecule has 0 aliphatic carbocycles. The standard InChI is InChI=1S/C21H21NO2S/c1-13-9-14(2)20-17(10-13)11-15(3)21(22-20)25-12-19(23)16-5-7-18(24-4)8-6-16/h5-11H,12H2,1-4H3. The van der Waals surface area contributed by atoms with E-state index in [1.807, 2.05) is 19.1 Å². The molecule has 4 heteroatoms. The van der Waals surface area contributed by atoms with Crippen molar-refractivity contribution in [3.8, 4) is 5.75 Å². The Morgan fingerprint density at radius 1 is 1.04 bits per heavy atom. The van der Waals surface area contributed by atoms with Gasteiger partial charge >= 0.3 is 0 Å². The number of rotatable bonds is 5. The highest BCUT2D eigenvalue weighted by atomic mass is 32.2. The Morgan fingerprint density at radius 3 is 2.44 bits per heavy atom. The SMILES string of the molecule is COc1ccc(C(=O)CSc2nc3c(C)cc(C)cc3cc2C)cc1. The molecular weight excluding hydrogens is 330 g/mol. The molecule has 0 saturated heterocycles. The monoisotopic (exact) mass is 351 g/mol. The highest BCUT2D eigenvalue weighted by molar-refractivity contribution is 8.00. The van der Waals surface area contributed by atoms with E-state index in [4.69, 9.17) is 9.72 Å². The number of pyridine rings is 1. The van der Waals surface area contributed by atoms with Crippen LogP contribution < -0.4 is 4.74 Å². The maximum Gasteiger partial charge on any atom is 0.173 e. The van der Waals surface area contributed by atoms with E-state index >= 15 is 0 Å². The fourth-order valence-electron chi connectivity index (χ4n) is 2.88. The van der Waals surface area contributed by atoms with E-state index in [1.165, 1.54) is 22.9 Å². The molecule has 128 valence electrons. The molecule has 2 aromatic carbocycles. The van der Waals surface area contributed by atoms with Crippen molar-refractivity contribution in [3.63, 3.8) is 0 Å². The Hall–Kier alpha value is -2.33. The number of hydrogen-bond acceptors (Lipinski definition) is 4. The van der Waals surface area contributed by atoms with Gasteiger partial charge in [-0.2, -0.15) is 0 Å². The zero-order valence-electron chi connectivity index (χ0n) is 14.9. The molecule has 0 unspecified atom stereocenters. The predicted octanol–water partition coefficient (Wildman–Crippen LogP) is 5.14. The van der Waals surface area contributed by atoms with Gasteiger partial charge in [0.1, 0.15) is 10.8 Å². The van der Waals surface area contributed by atoms with Gasteiger partial charge in [-0.15, -0.1) is 0 Å². The summed E-state index contributed by atoms with van der Waals surface area (Å²) in [6, 6.07) is 13.7. The summed E-state index contributed by atoms with van der Waals surface area (Å²) < 4.78 is 5.13. The second kappa shape index (κ2) is 7.28. The number of aryl methyl sites for hydroxylation is 3. The third kappa shape index (κ3) is 3.85. The first-order chi connectivity index (χ1) is 12.0. The molecule has 0 N–H and O–H groups in total. The van der Waals surface area contributed by atoms with E-state index in [0.717, 1.165) is 27.2 Å². The average molecular weight is 351 g/mol. The predicted molar refractivity (Wildman–Crippen MR) is 104 cm³/mol. The number of hydrogen-bond donors (Lipinski definition) is 0. The molecule has 1 aromatic heterocycles. The minimum atomic E-state index is 0.0922. The van der Waals surface area contributed by atoms with Crippen LogP contribution in [-0.4, -0.2) is 23.6 Å². The number of carbonyl (C=O) groups is 1. The van der Waals surface area contributed by atoms with Crippen LogP contribution in [0.2, 0.25) is 0 Å². The lowest BCUT2D eigenvalue weighted by atomic mass is 10.1. The van der Waals surface area contributed by atoms with Crippen LogP contribution in [0, 0.1) is 20.8 Å². The van der Waals surface area contributed by atoms with E-state index in [-0.39, 0.29) is 5.78 Å². The summed E-state index contributed by atoms with van der Waals surface area (Å²) in [6.45, 7) is 6.22. The second-order valence-electron chi connectivity index (χ2n) is 6.20. The van der Waals surface area contributed by atoms with E-state index < -0.39 is 0 Å². The molecule has 25 heavy (non-hydrogen) atoms. The molecule has 1 heterocycles. The van der Waals surface area contributed by atoms with E-state index in [0.29, 0.717) is 11.3 Å². The fourth-order valence-corrected chi connectivity index (χ4v) is 3.76. The van der Waals surface area contributed by atoms with Gasteiger partial charge < -0.3 is 4.74 Å². The number of Topliss-reactive ketones (excluding diaryl/α,β-unsaturated/α-hetero) is 1. The Labute approximate surface area is 152 Å². The zero-order chi connectivity index (χ0) is 18.0. The summed E-state index contributed by atoms with van der Waals surface area (Å²) in [6.07, 6.45) is 0. The number of aromatic nitrogens is 1. The van der Waals surface area contributed by atoms with Crippen LogP contribution in [0.3, 0.4) is 0 Å². The number of methoxy groups -OCH3 is 1. The van der Waals surface area contributed by atoms with Crippen molar-refractivity contribution in [1.82, 2.24) is 4.98 Å². The molecule has 0 radical (unpaired) electrons. The minimum Gasteiger partial charge on any atom is -0.497 e. The van der Waals surface area contributed by atoms with Gasteiger partial charge in [0, 0.05) is 10.9 Å². The summed E-state index contributed by atoms with van der Waals surface area (Å²) in [4.78, 5) is 17.2.